The Morgan fingerprint density at radius 2 is 1.43 bits per heavy atom. The van der Waals surface area contributed by atoms with Crippen LogP contribution in [0.1, 0.15) is 42.1 Å². The van der Waals surface area contributed by atoms with Crippen molar-refractivity contribution < 1.29 is 19.1 Å². The van der Waals surface area contributed by atoms with Gasteiger partial charge in [-0.25, -0.2) is 14.8 Å². The standard InChI is InChI=1S/C35H43N5O4/c1-28(41)38-23-21-37(22-24-38)27-29-15-17-31(18-16-29)34(42)36(2)25-26-44-35(43)40(39-19-9-4-10-20-39)33-14-8-7-13-32(33)30-11-5-3-6-12-30/h3,5-8,11-18H,4,9-10,19-27H2,1-2H3. The van der Waals surface area contributed by atoms with Crippen molar-refractivity contribution in [2.45, 2.75) is 32.7 Å². The summed E-state index contributed by atoms with van der Waals surface area (Å²) in [5.74, 6) is 0.00380. The molecule has 2 saturated heterocycles. The summed E-state index contributed by atoms with van der Waals surface area (Å²) in [4.78, 5) is 44.1. The lowest BCUT2D eigenvalue weighted by Gasteiger charge is -2.37. The van der Waals surface area contributed by atoms with Crippen molar-refractivity contribution in [2.24, 2.45) is 0 Å². The third-order valence-corrected chi connectivity index (χ3v) is 8.43. The number of amides is 3. The number of hydrogen-bond donors (Lipinski definition) is 0. The molecule has 3 aromatic carbocycles. The molecule has 0 radical (unpaired) electrons. The summed E-state index contributed by atoms with van der Waals surface area (Å²) in [6.07, 6.45) is 2.74. The molecule has 3 amide bonds. The number of anilines is 1. The van der Waals surface area contributed by atoms with Crippen LogP contribution >= 0.6 is 0 Å². The molecule has 0 spiro atoms. The molecule has 2 fully saturated rings. The van der Waals surface area contributed by atoms with Crippen molar-refractivity contribution in [3.8, 4) is 11.1 Å². The Labute approximate surface area is 260 Å². The number of likely N-dealkylation sites (N-methyl/N-ethyl adjacent to an activating group) is 1. The van der Waals surface area contributed by atoms with E-state index in [1.54, 1.807) is 23.9 Å². The number of piperazine rings is 1. The second-order valence-corrected chi connectivity index (χ2v) is 11.5. The van der Waals surface area contributed by atoms with Crippen molar-refractivity contribution in [1.29, 1.82) is 0 Å². The van der Waals surface area contributed by atoms with Crippen molar-refractivity contribution in [2.75, 3.05) is 64.5 Å². The second kappa shape index (κ2) is 15.0. The predicted molar refractivity (Wildman–Crippen MR) is 172 cm³/mol. The highest BCUT2D eigenvalue weighted by atomic mass is 16.6. The lowest BCUT2D eigenvalue weighted by Crippen LogP contribution is -2.50. The number of rotatable bonds is 9. The Balaban J connectivity index is 1.17. The number of benzene rings is 3. The molecule has 232 valence electrons. The first-order chi connectivity index (χ1) is 21.4. The molecule has 0 atom stereocenters. The average molecular weight is 598 g/mol. The van der Waals surface area contributed by atoms with Crippen molar-refractivity contribution >= 4 is 23.6 Å². The molecule has 3 aromatic rings. The molecule has 0 aliphatic carbocycles. The first-order valence-corrected chi connectivity index (χ1v) is 15.6. The Bertz CT molecular complexity index is 1400. The van der Waals surface area contributed by atoms with Crippen LogP contribution in [0.4, 0.5) is 10.5 Å². The van der Waals surface area contributed by atoms with E-state index in [1.807, 2.05) is 83.8 Å². The third-order valence-electron chi connectivity index (χ3n) is 8.43. The van der Waals surface area contributed by atoms with Crippen LogP contribution in [0.5, 0.6) is 0 Å². The Hall–Kier alpha value is -4.21. The lowest BCUT2D eigenvalue weighted by molar-refractivity contribution is -0.130. The van der Waals surface area contributed by atoms with Gasteiger partial charge in [0.1, 0.15) is 6.61 Å². The molecule has 0 N–H and O–H groups in total. The van der Waals surface area contributed by atoms with E-state index >= 15 is 0 Å². The molecule has 9 nitrogen and oxygen atoms in total. The molecule has 2 aliphatic heterocycles. The average Bonchev–Trinajstić information content (AvgIpc) is 3.06. The highest BCUT2D eigenvalue weighted by Gasteiger charge is 2.28. The lowest BCUT2D eigenvalue weighted by atomic mass is 10.0. The van der Waals surface area contributed by atoms with E-state index in [4.69, 9.17) is 4.74 Å². The first kappa shape index (κ1) is 31.2. The van der Waals surface area contributed by atoms with Crippen molar-refractivity contribution in [3.05, 3.63) is 90.0 Å². The van der Waals surface area contributed by atoms with Gasteiger partial charge in [0.15, 0.2) is 0 Å². The van der Waals surface area contributed by atoms with Crippen molar-refractivity contribution in [3.63, 3.8) is 0 Å². The first-order valence-electron chi connectivity index (χ1n) is 15.6. The van der Waals surface area contributed by atoms with Gasteiger partial charge in [-0.05, 0) is 42.2 Å². The zero-order chi connectivity index (χ0) is 30.9. The van der Waals surface area contributed by atoms with Crippen LogP contribution in [-0.2, 0) is 16.1 Å². The summed E-state index contributed by atoms with van der Waals surface area (Å²) in [7, 11) is 1.73. The molecule has 2 heterocycles. The minimum Gasteiger partial charge on any atom is -0.446 e. The van der Waals surface area contributed by atoms with Gasteiger partial charge in [0.25, 0.3) is 5.91 Å². The van der Waals surface area contributed by atoms with Crippen LogP contribution in [0.3, 0.4) is 0 Å². The van der Waals surface area contributed by atoms with Crippen LogP contribution in [0.2, 0.25) is 0 Å². The van der Waals surface area contributed by atoms with Gasteiger partial charge in [0.2, 0.25) is 5.91 Å². The number of nitrogens with zero attached hydrogens (tertiary/aromatic N) is 5. The fraction of sp³-hybridized carbons (Fsp3) is 0.400. The number of piperidine rings is 1. The van der Waals surface area contributed by atoms with Crippen LogP contribution in [0, 0.1) is 0 Å². The Morgan fingerprint density at radius 3 is 2.11 bits per heavy atom. The molecule has 0 bridgehead atoms. The van der Waals surface area contributed by atoms with Gasteiger partial charge in [0.05, 0.1) is 12.2 Å². The molecule has 9 heteroatoms. The molecule has 0 unspecified atom stereocenters. The largest absolute Gasteiger partial charge is 0.446 e. The number of para-hydroxylation sites is 1. The van der Waals surface area contributed by atoms with Gasteiger partial charge in [-0.1, -0.05) is 67.1 Å². The summed E-state index contributed by atoms with van der Waals surface area (Å²) in [5.41, 5.74) is 4.50. The minimum absolute atomic E-state index is 0.0865. The second-order valence-electron chi connectivity index (χ2n) is 11.5. The number of ether oxygens (including phenoxy) is 1. The maximum Gasteiger partial charge on any atom is 0.429 e. The van der Waals surface area contributed by atoms with E-state index in [0.717, 1.165) is 87.5 Å². The zero-order valence-electron chi connectivity index (χ0n) is 25.9. The summed E-state index contributed by atoms with van der Waals surface area (Å²) in [6.45, 7) is 7.50. The van der Waals surface area contributed by atoms with E-state index in [2.05, 4.69) is 9.91 Å². The maximum absolute atomic E-state index is 13.6. The molecule has 2 aliphatic rings. The number of hydrogen-bond acceptors (Lipinski definition) is 6. The summed E-state index contributed by atoms with van der Waals surface area (Å²) < 4.78 is 5.81. The number of carbonyl (C=O) groups is 3. The van der Waals surface area contributed by atoms with Gasteiger partial charge in [-0.3, -0.25) is 14.5 Å². The number of hydrazine groups is 1. The van der Waals surface area contributed by atoms with Gasteiger partial charge in [-0.2, -0.15) is 0 Å². The monoisotopic (exact) mass is 597 g/mol. The molecular formula is C35H43N5O4. The quantitative estimate of drug-likeness (QED) is 0.340. The van der Waals surface area contributed by atoms with Crippen molar-refractivity contribution in [1.82, 2.24) is 19.7 Å². The summed E-state index contributed by atoms with van der Waals surface area (Å²) in [6, 6.07) is 25.6. The highest BCUT2D eigenvalue weighted by Crippen LogP contribution is 2.33. The zero-order valence-corrected chi connectivity index (χ0v) is 25.9. The smallest absolute Gasteiger partial charge is 0.429 e. The van der Waals surface area contributed by atoms with Gasteiger partial charge in [0, 0.05) is 70.9 Å². The van der Waals surface area contributed by atoms with Gasteiger partial charge in [-0.15, -0.1) is 0 Å². The Morgan fingerprint density at radius 1 is 0.773 bits per heavy atom. The minimum atomic E-state index is -0.440. The van der Waals surface area contributed by atoms with Crippen LogP contribution in [-0.4, -0.2) is 97.1 Å². The predicted octanol–water partition coefficient (Wildman–Crippen LogP) is 5.13. The highest BCUT2D eigenvalue weighted by molar-refractivity contribution is 5.94. The van der Waals surface area contributed by atoms with Crippen LogP contribution in [0.25, 0.3) is 11.1 Å². The SMILES string of the molecule is CC(=O)N1CCN(Cc2ccc(C(=O)N(C)CCOC(=O)N(c3ccccc3-c3ccccc3)N3CCCCC3)cc2)CC1. The fourth-order valence-corrected chi connectivity index (χ4v) is 5.85. The van der Waals surface area contributed by atoms with Crippen LogP contribution < -0.4 is 5.01 Å². The summed E-state index contributed by atoms with van der Waals surface area (Å²) in [5, 5.41) is 3.76. The van der Waals surface area contributed by atoms with E-state index < -0.39 is 6.09 Å². The maximum atomic E-state index is 13.6. The number of carbonyl (C=O) groups excluding carboxylic acids is 3. The summed E-state index contributed by atoms with van der Waals surface area (Å²) >= 11 is 0. The topological polar surface area (TPSA) is 76.6 Å². The molecular weight excluding hydrogens is 554 g/mol. The molecule has 44 heavy (non-hydrogen) atoms. The van der Waals surface area contributed by atoms with E-state index in [9.17, 15) is 14.4 Å². The van der Waals surface area contributed by atoms with Gasteiger partial charge >= 0.3 is 6.09 Å². The third kappa shape index (κ3) is 7.84. The molecule has 0 aromatic heterocycles. The van der Waals surface area contributed by atoms with E-state index in [1.165, 1.54) is 0 Å². The van der Waals surface area contributed by atoms with Crippen LogP contribution in [0.15, 0.2) is 78.9 Å². The fourth-order valence-electron chi connectivity index (χ4n) is 5.85. The molecule has 5 rings (SSSR count). The molecule has 0 saturated carbocycles. The van der Waals surface area contributed by atoms with E-state index in [-0.39, 0.29) is 25.0 Å². The van der Waals surface area contributed by atoms with E-state index in [0.29, 0.717) is 5.56 Å². The Kier molecular flexibility index (Phi) is 10.6. The normalized spacial score (nSPS) is 15.9. The van der Waals surface area contributed by atoms with Gasteiger partial charge < -0.3 is 14.5 Å².